The number of aromatic nitrogens is 3. The molecule has 0 aliphatic rings. The van der Waals surface area contributed by atoms with Crippen LogP contribution in [-0.2, 0) is 0 Å². The molecule has 112 valence electrons. The highest BCUT2D eigenvalue weighted by Gasteiger charge is 2.19. The fourth-order valence-corrected chi connectivity index (χ4v) is 1.84. The van der Waals surface area contributed by atoms with Gasteiger partial charge in [0, 0.05) is 6.07 Å². The Morgan fingerprint density at radius 3 is 2.82 bits per heavy atom. The quantitative estimate of drug-likeness (QED) is 0.788. The van der Waals surface area contributed by atoms with Crippen molar-refractivity contribution in [1.82, 2.24) is 15.4 Å². The van der Waals surface area contributed by atoms with Crippen LogP contribution in [0.4, 0.5) is 5.82 Å². The zero-order chi connectivity index (χ0) is 15.5. The summed E-state index contributed by atoms with van der Waals surface area (Å²) in [5, 5.41) is 13.7. The Hall–Kier alpha value is -3.16. The van der Waals surface area contributed by atoms with Gasteiger partial charge in [-0.3, -0.25) is 10.1 Å². The van der Waals surface area contributed by atoms with E-state index in [0.29, 0.717) is 17.1 Å². The van der Waals surface area contributed by atoms with E-state index in [1.807, 2.05) is 6.07 Å². The molecule has 0 aliphatic heterocycles. The Labute approximate surface area is 125 Å². The molecule has 3 aromatic rings. The summed E-state index contributed by atoms with van der Waals surface area (Å²) >= 11 is 0. The number of hydrogen-bond donors (Lipinski definition) is 1. The minimum absolute atomic E-state index is 0.179. The maximum Gasteiger partial charge on any atom is 0.314 e. The molecule has 0 fully saturated rings. The van der Waals surface area contributed by atoms with Crippen molar-refractivity contribution in [2.24, 2.45) is 0 Å². The molecular weight excluding hydrogens is 288 g/mol. The van der Waals surface area contributed by atoms with Crippen LogP contribution in [0.3, 0.4) is 0 Å². The van der Waals surface area contributed by atoms with Crippen LogP contribution in [-0.4, -0.2) is 28.4 Å². The highest BCUT2D eigenvalue weighted by molar-refractivity contribution is 6.00. The second kappa shape index (κ2) is 5.68. The summed E-state index contributed by atoms with van der Waals surface area (Å²) in [5.74, 6) is 0.878. The van der Waals surface area contributed by atoms with Crippen molar-refractivity contribution in [3.8, 4) is 17.2 Å². The van der Waals surface area contributed by atoms with E-state index in [0.717, 1.165) is 0 Å². The van der Waals surface area contributed by atoms with E-state index in [1.165, 1.54) is 7.11 Å². The number of methoxy groups -OCH3 is 1. The average molecular weight is 300 g/mol. The van der Waals surface area contributed by atoms with Crippen molar-refractivity contribution in [2.45, 2.75) is 6.92 Å². The molecule has 1 amide bonds. The number of ether oxygens (including phenoxy) is 1. The van der Waals surface area contributed by atoms with Crippen LogP contribution in [0.1, 0.15) is 16.4 Å². The van der Waals surface area contributed by atoms with Crippen LogP contribution in [0.15, 0.2) is 39.3 Å². The first-order chi connectivity index (χ1) is 10.7. The summed E-state index contributed by atoms with van der Waals surface area (Å²) in [6, 6.07) is 8.72. The Morgan fingerprint density at radius 2 is 2.09 bits per heavy atom. The summed E-state index contributed by atoms with van der Waals surface area (Å²) < 4.78 is 15.5. The summed E-state index contributed by atoms with van der Waals surface area (Å²) in [4.78, 5) is 12.0. The number of rotatable bonds is 4. The number of para-hydroxylation sites is 1. The van der Waals surface area contributed by atoms with Crippen LogP contribution >= 0.6 is 0 Å². The summed E-state index contributed by atoms with van der Waals surface area (Å²) in [6.07, 6.45) is 0. The number of carbonyl (C=O) groups is 1. The Bertz CT molecular complexity index is 809. The number of carbonyl (C=O) groups excluding carboxylic acids is 1. The van der Waals surface area contributed by atoms with Gasteiger partial charge >= 0.3 is 11.8 Å². The monoisotopic (exact) mass is 300 g/mol. The first kappa shape index (κ1) is 13.8. The standard InChI is InChI=1S/C14H12N4O4/c1-8-7-11(18-22-8)15-12(19)14-17-16-13(21-14)9-5-3-4-6-10(9)20-2/h3-7H,1-2H3,(H,15,18,19). The van der Waals surface area contributed by atoms with Gasteiger partial charge in [0.25, 0.3) is 5.89 Å². The van der Waals surface area contributed by atoms with Crippen LogP contribution in [0.2, 0.25) is 0 Å². The van der Waals surface area contributed by atoms with Gasteiger partial charge in [-0.15, -0.1) is 10.2 Å². The molecule has 1 N–H and O–H groups in total. The molecule has 22 heavy (non-hydrogen) atoms. The smallest absolute Gasteiger partial charge is 0.314 e. The maximum atomic E-state index is 12.0. The molecule has 0 bridgehead atoms. The predicted molar refractivity (Wildman–Crippen MR) is 75.5 cm³/mol. The third-order valence-electron chi connectivity index (χ3n) is 2.83. The Morgan fingerprint density at radius 1 is 1.27 bits per heavy atom. The minimum Gasteiger partial charge on any atom is -0.496 e. The molecule has 0 saturated carbocycles. The highest BCUT2D eigenvalue weighted by atomic mass is 16.5. The minimum atomic E-state index is -0.568. The third-order valence-corrected chi connectivity index (χ3v) is 2.83. The van der Waals surface area contributed by atoms with E-state index in [1.54, 1.807) is 31.2 Å². The lowest BCUT2D eigenvalue weighted by Crippen LogP contribution is -2.12. The van der Waals surface area contributed by atoms with Crippen molar-refractivity contribution in [2.75, 3.05) is 12.4 Å². The molecule has 0 aliphatic carbocycles. The van der Waals surface area contributed by atoms with Gasteiger partial charge in [0.15, 0.2) is 5.82 Å². The van der Waals surface area contributed by atoms with Gasteiger partial charge < -0.3 is 13.7 Å². The van der Waals surface area contributed by atoms with Crippen LogP contribution in [0, 0.1) is 6.92 Å². The van der Waals surface area contributed by atoms with E-state index < -0.39 is 5.91 Å². The van der Waals surface area contributed by atoms with E-state index in [-0.39, 0.29) is 17.6 Å². The zero-order valence-corrected chi connectivity index (χ0v) is 11.9. The van der Waals surface area contributed by atoms with Crippen molar-refractivity contribution in [1.29, 1.82) is 0 Å². The SMILES string of the molecule is COc1ccccc1-c1nnc(C(=O)Nc2cc(C)on2)o1. The number of nitrogens with one attached hydrogen (secondary N) is 1. The van der Waals surface area contributed by atoms with Gasteiger partial charge in [0.2, 0.25) is 0 Å². The Balaban J connectivity index is 1.82. The van der Waals surface area contributed by atoms with Gasteiger partial charge in [-0.2, -0.15) is 0 Å². The lowest BCUT2D eigenvalue weighted by molar-refractivity contribution is 0.0990. The van der Waals surface area contributed by atoms with Crippen molar-refractivity contribution in [3.05, 3.63) is 42.0 Å². The van der Waals surface area contributed by atoms with Gasteiger partial charge in [0.1, 0.15) is 11.5 Å². The average Bonchev–Trinajstić information content (AvgIpc) is 3.16. The van der Waals surface area contributed by atoms with Crippen LogP contribution in [0.5, 0.6) is 5.75 Å². The molecule has 0 unspecified atom stereocenters. The van der Waals surface area contributed by atoms with Gasteiger partial charge in [-0.25, -0.2) is 0 Å². The summed E-state index contributed by atoms with van der Waals surface area (Å²) in [7, 11) is 1.54. The number of hydrogen-bond acceptors (Lipinski definition) is 7. The topological polar surface area (TPSA) is 103 Å². The van der Waals surface area contributed by atoms with E-state index in [2.05, 4.69) is 20.7 Å². The Kier molecular flexibility index (Phi) is 3.57. The lowest BCUT2D eigenvalue weighted by Gasteiger charge is -2.03. The number of aryl methyl sites for hydroxylation is 1. The normalized spacial score (nSPS) is 10.5. The zero-order valence-electron chi connectivity index (χ0n) is 11.9. The third kappa shape index (κ3) is 2.66. The number of amides is 1. The van der Waals surface area contributed by atoms with Crippen LogP contribution in [0.25, 0.3) is 11.5 Å². The fourth-order valence-electron chi connectivity index (χ4n) is 1.84. The molecule has 0 saturated heterocycles. The molecule has 0 atom stereocenters. The largest absolute Gasteiger partial charge is 0.496 e. The molecule has 1 aromatic carbocycles. The fraction of sp³-hybridized carbons (Fsp3) is 0.143. The molecule has 0 spiro atoms. The van der Waals surface area contributed by atoms with E-state index in [9.17, 15) is 4.79 Å². The maximum absolute atomic E-state index is 12.0. The van der Waals surface area contributed by atoms with Gasteiger partial charge in [-0.05, 0) is 19.1 Å². The first-order valence-electron chi connectivity index (χ1n) is 6.39. The van der Waals surface area contributed by atoms with E-state index in [4.69, 9.17) is 13.7 Å². The van der Waals surface area contributed by atoms with Crippen molar-refractivity contribution >= 4 is 11.7 Å². The molecular formula is C14H12N4O4. The lowest BCUT2D eigenvalue weighted by atomic mass is 10.2. The molecule has 8 heteroatoms. The number of nitrogens with zero attached hydrogens (tertiary/aromatic N) is 3. The number of anilines is 1. The second-order valence-electron chi connectivity index (χ2n) is 4.39. The molecule has 0 radical (unpaired) electrons. The van der Waals surface area contributed by atoms with Gasteiger partial charge in [-0.1, -0.05) is 17.3 Å². The summed E-state index contributed by atoms with van der Waals surface area (Å²) in [5.41, 5.74) is 0.605. The molecule has 2 heterocycles. The van der Waals surface area contributed by atoms with Crippen molar-refractivity contribution < 1.29 is 18.5 Å². The predicted octanol–water partition coefficient (Wildman–Crippen LogP) is 2.29. The first-order valence-corrected chi connectivity index (χ1v) is 6.39. The highest BCUT2D eigenvalue weighted by Crippen LogP contribution is 2.28. The molecule has 2 aromatic heterocycles. The molecule has 3 rings (SSSR count). The van der Waals surface area contributed by atoms with Crippen LogP contribution < -0.4 is 10.1 Å². The number of benzene rings is 1. The second-order valence-corrected chi connectivity index (χ2v) is 4.39. The van der Waals surface area contributed by atoms with Gasteiger partial charge in [0.05, 0.1) is 12.7 Å². The van der Waals surface area contributed by atoms with E-state index >= 15 is 0 Å². The van der Waals surface area contributed by atoms with Crippen molar-refractivity contribution in [3.63, 3.8) is 0 Å². The molecule has 8 nitrogen and oxygen atoms in total. The summed E-state index contributed by atoms with van der Waals surface area (Å²) in [6.45, 7) is 1.72.